The van der Waals surface area contributed by atoms with Crippen molar-refractivity contribution in [2.24, 2.45) is 0 Å². The van der Waals surface area contributed by atoms with E-state index in [1.807, 2.05) is 0 Å². The fraction of sp³-hybridized carbons (Fsp3) is 0.625. The minimum atomic E-state index is -0.654. The largest absolute Gasteiger partial charge is 0.488 e. The van der Waals surface area contributed by atoms with Crippen LogP contribution in [0.2, 0.25) is 0 Å². The molecule has 2 atom stereocenters. The highest BCUT2D eigenvalue weighted by atomic mass is 19.1. The summed E-state index contributed by atoms with van der Waals surface area (Å²) < 4.78 is 18.6. The molecule has 0 saturated carbocycles. The van der Waals surface area contributed by atoms with Gasteiger partial charge in [-0.3, -0.25) is 0 Å². The lowest BCUT2D eigenvalue weighted by molar-refractivity contribution is 0.103. The van der Waals surface area contributed by atoms with E-state index in [4.69, 9.17) is 4.74 Å². The number of benzene rings is 1. The van der Waals surface area contributed by atoms with Crippen molar-refractivity contribution in [2.75, 3.05) is 33.3 Å². The van der Waals surface area contributed by atoms with E-state index in [0.717, 1.165) is 19.5 Å². The van der Waals surface area contributed by atoms with Crippen LogP contribution in [0.3, 0.4) is 0 Å². The molecule has 120 valence electrons. The molecule has 0 aliphatic carbocycles. The number of nitrogens with zero attached hydrogens (tertiary/aromatic N) is 1. The van der Waals surface area contributed by atoms with Gasteiger partial charge in [0, 0.05) is 25.7 Å². The van der Waals surface area contributed by atoms with E-state index in [9.17, 15) is 9.50 Å². The number of hydrogen-bond donors (Lipinski definition) is 2. The van der Waals surface area contributed by atoms with E-state index in [2.05, 4.69) is 31.1 Å². The van der Waals surface area contributed by atoms with Gasteiger partial charge in [0.25, 0.3) is 0 Å². The summed E-state index contributed by atoms with van der Waals surface area (Å²) in [5.74, 6) is -0.235. The summed E-state index contributed by atoms with van der Waals surface area (Å²) in [6.07, 6.45) is 0.466. The average molecular weight is 298 g/mol. The number of rotatable bonds is 10. The minimum absolute atomic E-state index is 0.0785. The van der Waals surface area contributed by atoms with E-state index in [1.54, 1.807) is 18.2 Å². The van der Waals surface area contributed by atoms with Crippen molar-refractivity contribution in [3.63, 3.8) is 0 Å². The van der Waals surface area contributed by atoms with Gasteiger partial charge < -0.3 is 20.1 Å². The molecule has 21 heavy (non-hydrogen) atoms. The lowest BCUT2D eigenvalue weighted by Crippen LogP contribution is -2.38. The van der Waals surface area contributed by atoms with Gasteiger partial charge in [0.15, 0.2) is 11.6 Å². The summed E-state index contributed by atoms with van der Waals surface area (Å²) in [6.45, 7) is 6.60. The Kier molecular flexibility index (Phi) is 8.27. The van der Waals surface area contributed by atoms with E-state index >= 15 is 0 Å². The Morgan fingerprint density at radius 3 is 2.76 bits per heavy atom. The summed E-state index contributed by atoms with van der Waals surface area (Å²) in [6, 6.07) is 6.75. The molecule has 0 bridgehead atoms. The van der Waals surface area contributed by atoms with Gasteiger partial charge in [0.1, 0.15) is 12.7 Å². The van der Waals surface area contributed by atoms with Gasteiger partial charge in [-0.05, 0) is 32.5 Å². The Hall–Kier alpha value is -1.17. The van der Waals surface area contributed by atoms with Gasteiger partial charge in [-0.15, -0.1) is 0 Å². The lowest BCUT2D eigenvalue weighted by atomic mass is 10.2. The molecule has 2 unspecified atom stereocenters. The molecule has 5 heteroatoms. The van der Waals surface area contributed by atoms with Gasteiger partial charge in [-0.2, -0.15) is 0 Å². The van der Waals surface area contributed by atoms with Crippen molar-refractivity contribution in [3.05, 3.63) is 30.1 Å². The number of likely N-dealkylation sites (N-methyl/N-ethyl adjacent to an activating group) is 1. The molecular weight excluding hydrogens is 271 g/mol. The Bertz CT molecular complexity index is 404. The normalized spacial score (nSPS) is 14.2. The van der Waals surface area contributed by atoms with Crippen molar-refractivity contribution in [1.29, 1.82) is 0 Å². The molecule has 0 radical (unpaired) electrons. The maximum absolute atomic E-state index is 13.3. The van der Waals surface area contributed by atoms with E-state index < -0.39 is 11.9 Å². The van der Waals surface area contributed by atoms with Crippen LogP contribution in [0.15, 0.2) is 24.3 Å². The molecule has 0 amide bonds. The molecule has 0 heterocycles. The zero-order chi connectivity index (χ0) is 15.7. The number of halogens is 1. The predicted molar refractivity (Wildman–Crippen MR) is 83.2 cm³/mol. The van der Waals surface area contributed by atoms with Crippen LogP contribution in [0.4, 0.5) is 4.39 Å². The van der Waals surface area contributed by atoms with Gasteiger partial charge in [0.05, 0.1) is 0 Å². The van der Waals surface area contributed by atoms with Crippen LogP contribution in [0.5, 0.6) is 5.75 Å². The highest BCUT2D eigenvalue weighted by Crippen LogP contribution is 2.15. The number of ether oxygens (including phenoxy) is 1. The van der Waals surface area contributed by atoms with Gasteiger partial charge in [-0.25, -0.2) is 4.39 Å². The van der Waals surface area contributed by atoms with Crippen molar-refractivity contribution >= 4 is 0 Å². The third-order valence-electron chi connectivity index (χ3n) is 3.63. The zero-order valence-corrected chi connectivity index (χ0v) is 13.2. The van der Waals surface area contributed by atoms with Crippen molar-refractivity contribution in [3.8, 4) is 5.75 Å². The maximum atomic E-state index is 13.3. The van der Waals surface area contributed by atoms with Crippen LogP contribution in [-0.2, 0) is 0 Å². The minimum Gasteiger partial charge on any atom is -0.488 e. The summed E-state index contributed by atoms with van der Waals surface area (Å²) in [5, 5.41) is 13.0. The summed E-state index contributed by atoms with van der Waals surface area (Å²) in [4.78, 5) is 2.27. The molecule has 2 N–H and O–H groups in total. The van der Waals surface area contributed by atoms with Crippen LogP contribution in [-0.4, -0.2) is 55.4 Å². The van der Waals surface area contributed by atoms with Crippen LogP contribution >= 0.6 is 0 Å². The Balaban J connectivity index is 2.14. The number of aliphatic hydroxyl groups excluding tert-OH is 1. The number of nitrogens with one attached hydrogen (secondary N) is 1. The van der Waals surface area contributed by atoms with Gasteiger partial charge in [0.2, 0.25) is 0 Å². The SMILES string of the molecule is CCC(C)N(C)CCNCC(O)COc1ccccc1F. The standard InChI is InChI=1S/C16H27FN2O2/c1-4-13(2)19(3)10-9-18-11-14(20)12-21-16-8-6-5-7-15(16)17/h5-8,13-14,18,20H,4,9-12H2,1-3H3. The molecular formula is C16H27FN2O2. The molecule has 0 aliphatic rings. The first kappa shape index (κ1) is 17.9. The molecule has 0 aromatic heterocycles. The first-order chi connectivity index (χ1) is 10.0. The van der Waals surface area contributed by atoms with E-state index in [0.29, 0.717) is 12.6 Å². The Labute approximate surface area is 126 Å². The Morgan fingerprint density at radius 1 is 1.38 bits per heavy atom. The summed E-state index contributed by atoms with van der Waals surface area (Å²) in [5.41, 5.74) is 0. The second-order valence-electron chi connectivity index (χ2n) is 5.34. The highest BCUT2D eigenvalue weighted by molar-refractivity contribution is 5.23. The van der Waals surface area contributed by atoms with Gasteiger partial charge in [-0.1, -0.05) is 19.1 Å². The number of hydrogen-bond acceptors (Lipinski definition) is 4. The summed E-state index contributed by atoms with van der Waals surface area (Å²) in [7, 11) is 2.09. The zero-order valence-electron chi connectivity index (χ0n) is 13.2. The van der Waals surface area contributed by atoms with Crippen molar-refractivity contribution < 1.29 is 14.2 Å². The first-order valence-electron chi connectivity index (χ1n) is 7.51. The summed E-state index contributed by atoms with van der Waals surface area (Å²) >= 11 is 0. The quantitative estimate of drug-likeness (QED) is 0.648. The lowest BCUT2D eigenvalue weighted by Gasteiger charge is -2.23. The molecule has 1 aromatic rings. The monoisotopic (exact) mass is 298 g/mol. The van der Waals surface area contributed by atoms with Crippen LogP contribution in [0, 0.1) is 5.82 Å². The van der Waals surface area contributed by atoms with Crippen LogP contribution in [0.25, 0.3) is 0 Å². The molecule has 0 saturated heterocycles. The molecule has 0 fully saturated rings. The van der Waals surface area contributed by atoms with Crippen LogP contribution < -0.4 is 10.1 Å². The maximum Gasteiger partial charge on any atom is 0.165 e. The third-order valence-corrected chi connectivity index (χ3v) is 3.63. The van der Waals surface area contributed by atoms with Crippen molar-refractivity contribution in [1.82, 2.24) is 10.2 Å². The van der Waals surface area contributed by atoms with E-state index in [1.165, 1.54) is 6.07 Å². The first-order valence-corrected chi connectivity index (χ1v) is 7.51. The topological polar surface area (TPSA) is 44.7 Å². The van der Waals surface area contributed by atoms with Crippen LogP contribution in [0.1, 0.15) is 20.3 Å². The second-order valence-corrected chi connectivity index (χ2v) is 5.34. The average Bonchev–Trinajstić information content (AvgIpc) is 2.49. The molecule has 0 spiro atoms. The molecule has 4 nitrogen and oxygen atoms in total. The molecule has 0 aliphatic heterocycles. The smallest absolute Gasteiger partial charge is 0.165 e. The van der Waals surface area contributed by atoms with Crippen molar-refractivity contribution in [2.45, 2.75) is 32.4 Å². The predicted octanol–water partition coefficient (Wildman–Crippen LogP) is 1.89. The number of aliphatic hydroxyl groups is 1. The fourth-order valence-electron chi connectivity index (χ4n) is 1.86. The second kappa shape index (κ2) is 9.71. The molecule has 1 aromatic carbocycles. The fourth-order valence-corrected chi connectivity index (χ4v) is 1.86. The van der Waals surface area contributed by atoms with Gasteiger partial charge >= 0.3 is 0 Å². The number of para-hydroxylation sites is 1. The highest BCUT2D eigenvalue weighted by Gasteiger charge is 2.09. The van der Waals surface area contributed by atoms with E-state index in [-0.39, 0.29) is 12.4 Å². The Morgan fingerprint density at radius 2 is 2.10 bits per heavy atom. The third kappa shape index (κ3) is 6.89. The molecule has 1 rings (SSSR count).